The van der Waals surface area contributed by atoms with Gasteiger partial charge in [0.25, 0.3) is 5.91 Å². The van der Waals surface area contributed by atoms with Crippen molar-refractivity contribution in [3.63, 3.8) is 0 Å². The van der Waals surface area contributed by atoms with Gasteiger partial charge >= 0.3 is 0 Å². The fourth-order valence-corrected chi connectivity index (χ4v) is 3.13. The summed E-state index contributed by atoms with van der Waals surface area (Å²) in [6.07, 6.45) is 1.40. The number of phenols is 1. The van der Waals surface area contributed by atoms with E-state index in [4.69, 9.17) is 0 Å². The molecule has 0 aliphatic carbocycles. The van der Waals surface area contributed by atoms with Crippen LogP contribution in [0.25, 0.3) is 0 Å². The molecule has 0 radical (unpaired) electrons. The molecule has 2 rings (SSSR count). The van der Waals surface area contributed by atoms with Crippen molar-refractivity contribution >= 4 is 49.7 Å². The molecule has 0 unspecified atom stereocenters. The molecule has 0 aromatic heterocycles. The predicted molar refractivity (Wildman–Crippen MR) is 104 cm³/mol. The number of phenolic OH excluding ortho intramolecular Hbond substituents is 1. The zero-order valence-corrected chi connectivity index (χ0v) is 16.4. The van der Waals surface area contributed by atoms with Crippen LogP contribution in [-0.2, 0) is 4.79 Å². The summed E-state index contributed by atoms with van der Waals surface area (Å²) in [7, 11) is 0. The molecule has 0 bridgehead atoms. The summed E-state index contributed by atoms with van der Waals surface area (Å²) >= 11 is 6.73. The Morgan fingerprint density at radius 3 is 2.71 bits per heavy atom. The number of carbonyl (C=O) groups is 1. The van der Waals surface area contributed by atoms with Crippen LogP contribution in [0.5, 0.6) is 5.75 Å². The number of benzene rings is 2. The van der Waals surface area contributed by atoms with E-state index in [1.54, 1.807) is 6.07 Å². The van der Waals surface area contributed by atoms with Crippen LogP contribution < -0.4 is 10.7 Å². The van der Waals surface area contributed by atoms with Crippen LogP contribution in [0.3, 0.4) is 0 Å². The first kappa shape index (κ1) is 18.5. The zero-order valence-electron chi connectivity index (χ0n) is 13.2. The number of nitrogens with zero attached hydrogens (tertiary/aromatic N) is 1. The molecular formula is C17H17Br2N3O2. The molecule has 24 heavy (non-hydrogen) atoms. The fraction of sp³-hybridized carbons (Fsp3) is 0.176. The highest BCUT2D eigenvalue weighted by Crippen LogP contribution is 2.35. The van der Waals surface area contributed by atoms with E-state index in [9.17, 15) is 9.90 Å². The molecule has 0 aliphatic rings. The Balaban J connectivity index is 1.95. The van der Waals surface area contributed by atoms with Gasteiger partial charge in [0.2, 0.25) is 0 Å². The number of aryl methyl sites for hydroxylation is 1. The van der Waals surface area contributed by atoms with Gasteiger partial charge in [0, 0.05) is 15.7 Å². The van der Waals surface area contributed by atoms with Gasteiger partial charge in [-0.25, -0.2) is 5.43 Å². The first-order chi connectivity index (χ1) is 11.4. The number of anilines is 1. The average molecular weight is 455 g/mol. The fourth-order valence-electron chi connectivity index (χ4n) is 1.98. The van der Waals surface area contributed by atoms with Gasteiger partial charge in [-0.05, 0) is 53.0 Å². The van der Waals surface area contributed by atoms with Gasteiger partial charge in [-0.3, -0.25) is 4.79 Å². The monoisotopic (exact) mass is 453 g/mol. The van der Waals surface area contributed by atoms with E-state index in [1.165, 1.54) is 6.21 Å². The van der Waals surface area contributed by atoms with Crippen molar-refractivity contribution in [2.45, 2.75) is 13.8 Å². The highest BCUT2D eigenvalue weighted by Gasteiger charge is 2.10. The summed E-state index contributed by atoms with van der Waals surface area (Å²) in [5.41, 5.74) is 5.77. The number of rotatable bonds is 5. The number of hydrazone groups is 1. The Hall–Kier alpha value is -1.86. The van der Waals surface area contributed by atoms with Gasteiger partial charge in [0.05, 0.1) is 17.2 Å². The molecule has 2 aromatic carbocycles. The first-order valence-corrected chi connectivity index (χ1v) is 8.77. The number of amides is 1. The summed E-state index contributed by atoms with van der Waals surface area (Å²) in [5.74, 6) is -0.203. The number of para-hydroxylation sites is 1. The topological polar surface area (TPSA) is 73.7 Å². The number of halogens is 2. The summed E-state index contributed by atoms with van der Waals surface area (Å²) in [6, 6.07) is 9.45. The van der Waals surface area contributed by atoms with Gasteiger partial charge in [-0.2, -0.15) is 5.10 Å². The van der Waals surface area contributed by atoms with Crippen LogP contribution in [0.4, 0.5) is 5.69 Å². The standard InChI is InChI=1S/C17H17Br2N3O2/c1-10-5-3-4-6-14(10)20-9-15(23)22-21-8-12-7-13(18)11(2)16(19)17(12)24/h3-8,20,24H,9H2,1-2H3,(H,22,23)/b21-8-. The molecular weight excluding hydrogens is 438 g/mol. The molecule has 1 amide bonds. The van der Waals surface area contributed by atoms with Crippen LogP contribution in [0.2, 0.25) is 0 Å². The van der Waals surface area contributed by atoms with E-state index >= 15 is 0 Å². The summed E-state index contributed by atoms with van der Waals surface area (Å²) in [6.45, 7) is 3.94. The zero-order chi connectivity index (χ0) is 17.7. The minimum absolute atomic E-state index is 0.0757. The summed E-state index contributed by atoms with van der Waals surface area (Å²) < 4.78 is 1.42. The number of aromatic hydroxyl groups is 1. The lowest BCUT2D eigenvalue weighted by atomic mass is 10.1. The van der Waals surface area contributed by atoms with Gasteiger partial charge in [0.1, 0.15) is 5.75 Å². The Labute approximate surface area is 157 Å². The van der Waals surface area contributed by atoms with E-state index in [0.717, 1.165) is 21.3 Å². The normalized spacial score (nSPS) is 10.8. The molecule has 5 nitrogen and oxygen atoms in total. The van der Waals surface area contributed by atoms with E-state index in [1.807, 2.05) is 38.1 Å². The van der Waals surface area contributed by atoms with Crippen molar-refractivity contribution in [2.24, 2.45) is 5.10 Å². The predicted octanol–water partition coefficient (Wildman–Crippen LogP) is 4.10. The molecule has 0 fully saturated rings. The highest BCUT2D eigenvalue weighted by atomic mass is 79.9. The molecule has 0 aliphatic heterocycles. The third-order valence-corrected chi connectivity index (χ3v) is 5.22. The van der Waals surface area contributed by atoms with Gasteiger partial charge in [-0.1, -0.05) is 34.1 Å². The van der Waals surface area contributed by atoms with Crippen molar-refractivity contribution in [1.29, 1.82) is 0 Å². The van der Waals surface area contributed by atoms with Crippen LogP contribution in [-0.4, -0.2) is 23.8 Å². The Kier molecular flexibility index (Phi) is 6.39. The third kappa shape index (κ3) is 4.58. The maximum absolute atomic E-state index is 11.8. The SMILES string of the molecule is Cc1ccccc1NCC(=O)N/N=C\c1cc(Br)c(C)c(Br)c1O. The first-order valence-electron chi connectivity index (χ1n) is 7.19. The molecule has 0 saturated heterocycles. The van der Waals surface area contributed by atoms with E-state index in [-0.39, 0.29) is 18.2 Å². The Morgan fingerprint density at radius 2 is 2.00 bits per heavy atom. The number of hydrogen-bond donors (Lipinski definition) is 3. The highest BCUT2D eigenvalue weighted by molar-refractivity contribution is 9.11. The molecule has 0 saturated carbocycles. The van der Waals surface area contributed by atoms with Gasteiger partial charge in [-0.15, -0.1) is 0 Å². The second kappa shape index (κ2) is 8.30. The maximum Gasteiger partial charge on any atom is 0.259 e. The molecule has 0 heterocycles. The maximum atomic E-state index is 11.8. The minimum atomic E-state index is -0.278. The molecule has 2 aromatic rings. The van der Waals surface area contributed by atoms with Crippen molar-refractivity contribution in [2.75, 3.05) is 11.9 Å². The summed E-state index contributed by atoms with van der Waals surface area (Å²) in [5, 5.41) is 17.0. The molecule has 0 spiro atoms. The third-order valence-electron chi connectivity index (χ3n) is 3.43. The average Bonchev–Trinajstić information content (AvgIpc) is 2.56. The largest absolute Gasteiger partial charge is 0.506 e. The van der Waals surface area contributed by atoms with Crippen molar-refractivity contribution in [3.8, 4) is 5.75 Å². The lowest BCUT2D eigenvalue weighted by Crippen LogP contribution is -2.26. The van der Waals surface area contributed by atoms with Gasteiger partial charge < -0.3 is 10.4 Å². The number of hydrogen-bond acceptors (Lipinski definition) is 4. The van der Waals surface area contributed by atoms with Gasteiger partial charge in [0.15, 0.2) is 0 Å². The lowest BCUT2D eigenvalue weighted by molar-refractivity contribution is -0.119. The minimum Gasteiger partial charge on any atom is -0.506 e. The lowest BCUT2D eigenvalue weighted by Gasteiger charge is -2.08. The van der Waals surface area contributed by atoms with E-state index in [0.29, 0.717) is 10.0 Å². The number of carbonyl (C=O) groups excluding carboxylic acids is 1. The Bertz CT molecular complexity index is 792. The summed E-state index contributed by atoms with van der Waals surface area (Å²) in [4.78, 5) is 11.8. The molecule has 7 heteroatoms. The quantitative estimate of drug-likeness (QED) is 0.470. The van der Waals surface area contributed by atoms with Crippen molar-refractivity contribution in [1.82, 2.24) is 5.43 Å². The van der Waals surface area contributed by atoms with E-state index < -0.39 is 0 Å². The Morgan fingerprint density at radius 1 is 1.29 bits per heavy atom. The molecule has 126 valence electrons. The van der Waals surface area contributed by atoms with E-state index in [2.05, 4.69) is 47.7 Å². The molecule has 0 atom stereocenters. The van der Waals surface area contributed by atoms with Crippen LogP contribution in [0, 0.1) is 13.8 Å². The van der Waals surface area contributed by atoms with Crippen LogP contribution in [0.15, 0.2) is 44.4 Å². The molecule has 3 N–H and O–H groups in total. The second-order valence-electron chi connectivity index (χ2n) is 5.20. The van der Waals surface area contributed by atoms with Crippen molar-refractivity contribution in [3.05, 3.63) is 56.0 Å². The van der Waals surface area contributed by atoms with Crippen LogP contribution >= 0.6 is 31.9 Å². The van der Waals surface area contributed by atoms with Crippen LogP contribution in [0.1, 0.15) is 16.7 Å². The second-order valence-corrected chi connectivity index (χ2v) is 6.84. The smallest absolute Gasteiger partial charge is 0.259 e. The number of nitrogens with one attached hydrogen (secondary N) is 2. The van der Waals surface area contributed by atoms with Crippen molar-refractivity contribution < 1.29 is 9.90 Å².